The van der Waals surface area contributed by atoms with Gasteiger partial charge in [0.2, 0.25) is 11.1 Å². The van der Waals surface area contributed by atoms with Crippen LogP contribution in [0.15, 0.2) is 89.2 Å². The van der Waals surface area contributed by atoms with Gasteiger partial charge < -0.3 is 14.8 Å². The normalized spacial score (nSPS) is 14.5. The fraction of sp³-hybridized carbons (Fsp3) is 0.233. The number of allylic oxidation sites excluding steroid dienone is 1. The van der Waals surface area contributed by atoms with Crippen LogP contribution in [0.1, 0.15) is 42.1 Å². The smallest absolute Gasteiger partial charge is 0.338 e. The van der Waals surface area contributed by atoms with Gasteiger partial charge in [0.25, 0.3) is 0 Å². The molecule has 1 aliphatic rings. The van der Waals surface area contributed by atoms with E-state index < -0.39 is 12.0 Å². The highest BCUT2D eigenvalue weighted by Crippen LogP contribution is 2.38. The molecule has 1 unspecified atom stereocenters. The zero-order valence-electron chi connectivity index (χ0n) is 22.0. The first-order chi connectivity index (χ1) is 18.9. The minimum absolute atomic E-state index is 0.269. The molecule has 5 rings (SSSR count). The number of nitrogens with one attached hydrogen (secondary N) is 1. The topological polar surface area (TPSA) is 78.3 Å². The molecule has 1 N–H and O–H groups in total. The largest absolute Gasteiger partial charge is 0.489 e. The van der Waals surface area contributed by atoms with E-state index in [1.54, 1.807) is 11.6 Å². The van der Waals surface area contributed by atoms with Crippen LogP contribution in [0.5, 0.6) is 5.75 Å². The number of carbonyl (C=O) groups is 1. The van der Waals surface area contributed by atoms with Gasteiger partial charge in [-0.3, -0.25) is 0 Å². The second-order valence-electron chi connectivity index (χ2n) is 9.12. The van der Waals surface area contributed by atoms with Crippen LogP contribution in [0.25, 0.3) is 0 Å². The first-order valence-electron chi connectivity index (χ1n) is 12.7. The molecule has 1 atom stereocenters. The zero-order valence-corrected chi connectivity index (χ0v) is 23.6. The average molecular weight is 561 g/mol. The molecule has 0 saturated heterocycles. The fourth-order valence-electron chi connectivity index (χ4n) is 4.44. The third-order valence-electron chi connectivity index (χ3n) is 6.47. The Morgan fingerprint density at radius 3 is 2.59 bits per heavy atom. The Morgan fingerprint density at radius 1 is 1.05 bits per heavy atom. The van der Waals surface area contributed by atoms with Gasteiger partial charge in [0.15, 0.2) is 0 Å². The summed E-state index contributed by atoms with van der Waals surface area (Å²) >= 11 is 7.83. The van der Waals surface area contributed by atoms with Crippen LogP contribution >= 0.6 is 23.4 Å². The summed E-state index contributed by atoms with van der Waals surface area (Å²) < 4.78 is 13.3. The molecule has 200 valence electrons. The Kier molecular flexibility index (Phi) is 8.24. The Balaban J connectivity index is 1.46. The lowest BCUT2D eigenvalue weighted by molar-refractivity contribution is -0.139. The summed E-state index contributed by atoms with van der Waals surface area (Å²) in [5.74, 6) is 1.47. The van der Waals surface area contributed by atoms with E-state index in [0.29, 0.717) is 45.5 Å². The number of thioether (sulfide) groups is 1. The Morgan fingerprint density at radius 2 is 1.82 bits per heavy atom. The number of aromatic nitrogens is 3. The van der Waals surface area contributed by atoms with E-state index in [0.717, 1.165) is 16.7 Å². The fourth-order valence-corrected chi connectivity index (χ4v) is 5.55. The molecule has 0 saturated carbocycles. The van der Waals surface area contributed by atoms with Gasteiger partial charge in [0.05, 0.1) is 12.2 Å². The van der Waals surface area contributed by atoms with Gasteiger partial charge in [0, 0.05) is 16.5 Å². The minimum atomic E-state index is -0.538. The molecule has 1 aromatic heterocycles. The summed E-state index contributed by atoms with van der Waals surface area (Å²) in [4.78, 5) is 17.9. The van der Waals surface area contributed by atoms with Crippen molar-refractivity contribution in [3.8, 4) is 5.75 Å². The quantitative estimate of drug-likeness (QED) is 0.175. The van der Waals surface area contributed by atoms with Crippen LogP contribution in [0.2, 0.25) is 5.02 Å². The second-order valence-corrected chi connectivity index (χ2v) is 10.5. The maximum absolute atomic E-state index is 13.2. The van der Waals surface area contributed by atoms with E-state index in [-0.39, 0.29) is 6.61 Å². The predicted octanol–water partition coefficient (Wildman–Crippen LogP) is 6.96. The molecule has 0 aliphatic carbocycles. The van der Waals surface area contributed by atoms with Crippen molar-refractivity contribution in [1.29, 1.82) is 0 Å². The summed E-state index contributed by atoms with van der Waals surface area (Å²) in [6.45, 7) is 6.43. The number of anilines is 1. The van der Waals surface area contributed by atoms with Crippen molar-refractivity contribution in [3.05, 3.63) is 111 Å². The number of aryl methyl sites for hydroxylation is 1. The number of halogens is 1. The SMILES string of the molecule is CCOC(=O)C1=C(C)Nc2nc(SCc3ccccc3Cl)nn2C1c1cccc(OCc2ccccc2C)c1. The molecule has 1 aliphatic heterocycles. The van der Waals surface area contributed by atoms with Gasteiger partial charge in [-0.2, -0.15) is 4.98 Å². The lowest BCUT2D eigenvalue weighted by Crippen LogP contribution is -2.29. The number of rotatable bonds is 9. The van der Waals surface area contributed by atoms with Crippen molar-refractivity contribution in [3.63, 3.8) is 0 Å². The average Bonchev–Trinajstić information content (AvgIpc) is 3.34. The molecular formula is C30H29ClN4O3S. The number of hydrogen-bond acceptors (Lipinski definition) is 7. The summed E-state index contributed by atoms with van der Waals surface area (Å²) in [5.41, 5.74) is 5.28. The van der Waals surface area contributed by atoms with Crippen LogP contribution in [0.3, 0.4) is 0 Å². The molecule has 39 heavy (non-hydrogen) atoms. The van der Waals surface area contributed by atoms with E-state index in [9.17, 15) is 4.79 Å². The lowest BCUT2D eigenvalue weighted by atomic mass is 9.95. The number of fused-ring (bicyclic) bond motifs is 1. The van der Waals surface area contributed by atoms with E-state index in [1.807, 2.05) is 67.6 Å². The molecule has 0 amide bonds. The zero-order chi connectivity index (χ0) is 27.4. The first-order valence-corrected chi connectivity index (χ1v) is 14.1. The molecule has 0 radical (unpaired) electrons. The number of benzene rings is 3. The van der Waals surface area contributed by atoms with Gasteiger partial charge in [-0.25, -0.2) is 9.48 Å². The third kappa shape index (κ3) is 5.97. The van der Waals surface area contributed by atoms with E-state index in [4.69, 9.17) is 31.2 Å². The minimum Gasteiger partial charge on any atom is -0.489 e. The van der Waals surface area contributed by atoms with Gasteiger partial charge in [0.1, 0.15) is 18.4 Å². The Labute approximate surface area is 237 Å². The van der Waals surface area contributed by atoms with Crippen molar-refractivity contribution in [2.24, 2.45) is 0 Å². The Bertz CT molecular complexity index is 1530. The predicted molar refractivity (Wildman–Crippen MR) is 154 cm³/mol. The maximum atomic E-state index is 13.2. The summed E-state index contributed by atoms with van der Waals surface area (Å²) in [6.07, 6.45) is 0. The molecule has 2 heterocycles. The summed E-state index contributed by atoms with van der Waals surface area (Å²) in [7, 11) is 0. The highest BCUT2D eigenvalue weighted by Gasteiger charge is 2.35. The number of carbonyl (C=O) groups excluding carboxylic acids is 1. The van der Waals surface area contributed by atoms with Gasteiger partial charge in [-0.05, 0) is 61.2 Å². The van der Waals surface area contributed by atoms with Crippen LogP contribution in [0.4, 0.5) is 5.95 Å². The Hall–Kier alpha value is -3.75. The van der Waals surface area contributed by atoms with Crippen molar-refractivity contribution in [2.75, 3.05) is 11.9 Å². The first kappa shape index (κ1) is 26.8. The number of nitrogens with zero attached hydrogens (tertiary/aromatic N) is 3. The standard InChI is InChI=1S/C30H29ClN4O3S/c1-4-37-28(36)26-20(3)32-29-33-30(39-18-23-12-7-8-15-25(23)31)34-35(29)27(26)21-13-9-14-24(16-21)38-17-22-11-6-5-10-19(22)2/h5-16,27H,4,17-18H2,1-3H3,(H,32,33,34). The van der Waals surface area contributed by atoms with Crippen molar-refractivity contribution in [2.45, 2.75) is 44.3 Å². The highest BCUT2D eigenvalue weighted by atomic mass is 35.5. The number of esters is 1. The van der Waals surface area contributed by atoms with Crippen LogP contribution in [-0.2, 0) is 21.9 Å². The van der Waals surface area contributed by atoms with Crippen molar-refractivity contribution >= 4 is 35.3 Å². The van der Waals surface area contributed by atoms with E-state index in [2.05, 4.69) is 24.4 Å². The number of hydrogen-bond donors (Lipinski definition) is 1. The third-order valence-corrected chi connectivity index (χ3v) is 7.73. The van der Waals surface area contributed by atoms with Crippen LogP contribution < -0.4 is 10.1 Å². The second kappa shape index (κ2) is 12.0. The molecule has 7 nitrogen and oxygen atoms in total. The summed E-state index contributed by atoms with van der Waals surface area (Å²) in [5, 5.41) is 9.32. The molecule has 0 bridgehead atoms. The van der Waals surface area contributed by atoms with Crippen molar-refractivity contribution in [1.82, 2.24) is 14.8 Å². The molecule has 0 spiro atoms. The molecular weight excluding hydrogens is 532 g/mol. The summed E-state index contributed by atoms with van der Waals surface area (Å²) in [6, 6.07) is 23.1. The lowest BCUT2D eigenvalue weighted by Gasteiger charge is -2.28. The van der Waals surface area contributed by atoms with E-state index >= 15 is 0 Å². The molecule has 9 heteroatoms. The molecule has 0 fully saturated rings. The van der Waals surface area contributed by atoms with Gasteiger partial charge in [-0.15, -0.1) is 5.10 Å². The van der Waals surface area contributed by atoms with Crippen LogP contribution in [-0.4, -0.2) is 27.3 Å². The van der Waals surface area contributed by atoms with Crippen molar-refractivity contribution < 1.29 is 14.3 Å². The number of ether oxygens (including phenoxy) is 2. The monoisotopic (exact) mass is 560 g/mol. The van der Waals surface area contributed by atoms with Gasteiger partial charge >= 0.3 is 5.97 Å². The van der Waals surface area contributed by atoms with E-state index in [1.165, 1.54) is 17.3 Å². The van der Waals surface area contributed by atoms with Gasteiger partial charge in [-0.1, -0.05) is 78.0 Å². The molecule has 4 aromatic rings. The van der Waals surface area contributed by atoms with Crippen LogP contribution in [0, 0.1) is 6.92 Å². The highest BCUT2D eigenvalue weighted by molar-refractivity contribution is 7.98. The molecule has 3 aromatic carbocycles. The maximum Gasteiger partial charge on any atom is 0.338 e.